The van der Waals surface area contributed by atoms with Crippen molar-refractivity contribution in [2.45, 2.75) is 58.3 Å². The van der Waals surface area contributed by atoms with E-state index in [1.54, 1.807) is 0 Å². The van der Waals surface area contributed by atoms with Crippen LogP contribution in [0.25, 0.3) is 0 Å². The second-order valence-corrected chi connectivity index (χ2v) is 7.94. The summed E-state index contributed by atoms with van der Waals surface area (Å²) in [5.74, 6) is 1.59. The summed E-state index contributed by atoms with van der Waals surface area (Å²) >= 11 is 10.7. The molecule has 1 aromatic rings. The zero-order valence-corrected chi connectivity index (χ0v) is 15.6. The lowest BCUT2D eigenvalue weighted by molar-refractivity contribution is 0.223. The molecule has 1 aromatic carbocycles. The lowest BCUT2D eigenvalue weighted by atomic mass is 9.73. The summed E-state index contributed by atoms with van der Waals surface area (Å²) in [5, 5.41) is 0.0763. The highest BCUT2D eigenvalue weighted by Gasteiger charge is 2.42. The standard InChI is InChI=1S/C18H26BrClO/c1-4-21-14-7-8-15(16(19)11-14)17(20)18(12-13(2)3)9-5-6-10-18/h7-8,11,13,17H,4-6,9-10,12H2,1-3H3. The molecule has 118 valence electrons. The Kier molecular flexibility index (Phi) is 6.02. The van der Waals surface area contributed by atoms with Crippen LogP contribution >= 0.6 is 27.5 Å². The van der Waals surface area contributed by atoms with E-state index in [0.29, 0.717) is 12.5 Å². The van der Waals surface area contributed by atoms with Crippen molar-refractivity contribution in [1.82, 2.24) is 0 Å². The molecule has 0 spiro atoms. The van der Waals surface area contributed by atoms with Crippen molar-refractivity contribution in [3.63, 3.8) is 0 Å². The van der Waals surface area contributed by atoms with Crippen molar-refractivity contribution in [1.29, 1.82) is 0 Å². The van der Waals surface area contributed by atoms with Crippen LogP contribution < -0.4 is 4.74 Å². The Bertz CT molecular complexity index is 466. The highest BCUT2D eigenvalue weighted by atomic mass is 79.9. The molecule has 1 aliphatic carbocycles. The van der Waals surface area contributed by atoms with E-state index in [2.05, 4.69) is 35.8 Å². The first kappa shape index (κ1) is 17.1. The zero-order valence-electron chi connectivity index (χ0n) is 13.3. The third kappa shape index (κ3) is 3.96. The smallest absolute Gasteiger partial charge is 0.120 e. The van der Waals surface area contributed by atoms with Crippen molar-refractivity contribution >= 4 is 27.5 Å². The van der Waals surface area contributed by atoms with Crippen molar-refractivity contribution in [2.75, 3.05) is 6.61 Å². The van der Waals surface area contributed by atoms with Gasteiger partial charge < -0.3 is 4.74 Å². The third-order valence-corrected chi connectivity index (χ3v) is 5.89. The molecule has 0 amide bonds. The fourth-order valence-electron chi connectivity index (χ4n) is 3.75. The topological polar surface area (TPSA) is 9.23 Å². The summed E-state index contributed by atoms with van der Waals surface area (Å²) in [5.41, 5.74) is 1.47. The molecule has 21 heavy (non-hydrogen) atoms. The number of hydrogen-bond donors (Lipinski definition) is 0. The van der Waals surface area contributed by atoms with Crippen LogP contribution in [0.15, 0.2) is 22.7 Å². The quantitative estimate of drug-likeness (QED) is 0.502. The number of ether oxygens (including phenoxy) is 1. The Balaban J connectivity index is 2.26. The van der Waals surface area contributed by atoms with Gasteiger partial charge >= 0.3 is 0 Å². The van der Waals surface area contributed by atoms with E-state index in [0.717, 1.165) is 10.2 Å². The minimum atomic E-state index is 0.0763. The molecule has 0 heterocycles. The second-order valence-electron chi connectivity index (χ2n) is 6.65. The van der Waals surface area contributed by atoms with Crippen LogP contribution in [0.1, 0.15) is 63.8 Å². The highest BCUT2D eigenvalue weighted by Crippen LogP contribution is 2.55. The molecule has 3 heteroatoms. The van der Waals surface area contributed by atoms with Gasteiger partial charge in [0.1, 0.15) is 5.75 Å². The minimum Gasteiger partial charge on any atom is -0.494 e. The Morgan fingerprint density at radius 3 is 2.48 bits per heavy atom. The lowest BCUT2D eigenvalue weighted by Crippen LogP contribution is -2.25. The van der Waals surface area contributed by atoms with E-state index >= 15 is 0 Å². The van der Waals surface area contributed by atoms with Crippen LogP contribution in [0.5, 0.6) is 5.75 Å². The number of halogens is 2. The summed E-state index contributed by atoms with van der Waals surface area (Å²) in [4.78, 5) is 0. The summed E-state index contributed by atoms with van der Waals surface area (Å²) in [6.45, 7) is 7.30. The Hall–Kier alpha value is -0.210. The van der Waals surface area contributed by atoms with Gasteiger partial charge in [0.2, 0.25) is 0 Å². The van der Waals surface area contributed by atoms with Crippen LogP contribution in [0.2, 0.25) is 0 Å². The third-order valence-electron chi connectivity index (χ3n) is 4.51. The second kappa shape index (κ2) is 7.37. The van der Waals surface area contributed by atoms with Gasteiger partial charge in [0, 0.05) is 4.47 Å². The summed E-state index contributed by atoms with van der Waals surface area (Å²) in [7, 11) is 0. The maximum Gasteiger partial charge on any atom is 0.120 e. The molecule has 1 unspecified atom stereocenters. The summed E-state index contributed by atoms with van der Waals surface area (Å²) in [6.07, 6.45) is 6.33. The Morgan fingerprint density at radius 2 is 1.95 bits per heavy atom. The van der Waals surface area contributed by atoms with Crippen LogP contribution in [0, 0.1) is 11.3 Å². The summed E-state index contributed by atoms with van der Waals surface area (Å²) < 4.78 is 6.64. The van der Waals surface area contributed by atoms with E-state index in [1.165, 1.54) is 37.7 Å². The number of hydrogen-bond acceptors (Lipinski definition) is 1. The fourth-order valence-corrected chi connectivity index (χ4v) is 4.97. The number of benzene rings is 1. The normalized spacial score (nSPS) is 19.0. The molecule has 0 radical (unpaired) electrons. The molecule has 2 rings (SSSR count). The van der Waals surface area contributed by atoms with Gasteiger partial charge in [-0.3, -0.25) is 0 Å². The maximum atomic E-state index is 6.98. The van der Waals surface area contributed by atoms with Gasteiger partial charge in [0.15, 0.2) is 0 Å². The van der Waals surface area contributed by atoms with Gasteiger partial charge in [0.05, 0.1) is 12.0 Å². The molecule has 1 nitrogen and oxygen atoms in total. The van der Waals surface area contributed by atoms with Crippen molar-refractivity contribution in [3.05, 3.63) is 28.2 Å². The van der Waals surface area contributed by atoms with E-state index < -0.39 is 0 Å². The van der Waals surface area contributed by atoms with Gasteiger partial charge in [-0.25, -0.2) is 0 Å². The molecule has 1 saturated carbocycles. The van der Waals surface area contributed by atoms with Crippen LogP contribution in [-0.4, -0.2) is 6.61 Å². The minimum absolute atomic E-state index is 0.0763. The van der Waals surface area contributed by atoms with Gasteiger partial charge in [-0.2, -0.15) is 0 Å². The molecule has 1 fully saturated rings. The van der Waals surface area contributed by atoms with E-state index in [4.69, 9.17) is 16.3 Å². The molecule has 0 N–H and O–H groups in total. The number of alkyl halides is 1. The molecule has 0 bridgehead atoms. The van der Waals surface area contributed by atoms with Crippen molar-refractivity contribution in [3.8, 4) is 5.75 Å². The Labute approximate surface area is 142 Å². The maximum absolute atomic E-state index is 6.98. The molecular formula is C18H26BrClO. The average Bonchev–Trinajstić information content (AvgIpc) is 2.87. The monoisotopic (exact) mass is 372 g/mol. The molecule has 0 aliphatic heterocycles. The fraction of sp³-hybridized carbons (Fsp3) is 0.667. The molecule has 1 aliphatic rings. The molecule has 0 aromatic heterocycles. The van der Waals surface area contributed by atoms with Crippen LogP contribution in [0.4, 0.5) is 0 Å². The number of rotatable bonds is 6. The molecule has 1 atom stereocenters. The van der Waals surface area contributed by atoms with Gasteiger partial charge in [-0.15, -0.1) is 11.6 Å². The van der Waals surface area contributed by atoms with Gasteiger partial charge in [0.25, 0.3) is 0 Å². The zero-order chi connectivity index (χ0) is 15.5. The summed E-state index contributed by atoms with van der Waals surface area (Å²) in [6, 6.07) is 6.22. The molecule has 0 saturated heterocycles. The largest absolute Gasteiger partial charge is 0.494 e. The van der Waals surface area contributed by atoms with Gasteiger partial charge in [-0.1, -0.05) is 48.7 Å². The first-order valence-corrected chi connectivity index (χ1v) is 9.28. The lowest BCUT2D eigenvalue weighted by Gasteiger charge is -2.36. The Morgan fingerprint density at radius 1 is 1.29 bits per heavy atom. The van der Waals surface area contributed by atoms with E-state index in [-0.39, 0.29) is 10.8 Å². The highest BCUT2D eigenvalue weighted by molar-refractivity contribution is 9.10. The molecular weight excluding hydrogens is 348 g/mol. The van der Waals surface area contributed by atoms with Crippen molar-refractivity contribution in [2.24, 2.45) is 11.3 Å². The predicted molar refractivity (Wildman–Crippen MR) is 94.3 cm³/mol. The van der Waals surface area contributed by atoms with E-state index in [9.17, 15) is 0 Å². The van der Waals surface area contributed by atoms with Crippen molar-refractivity contribution < 1.29 is 4.74 Å². The SMILES string of the molecule is CCOc1ccc(C(Cl)C2(CC(C)C)CCCC2)c(Br)c1. The average molecular weight is 374 g/mol. The van der Waals surface area contributed by atoms with Gasteiger partial charge in [-0.05, 0) is 55.2 Å². The predicted octanol–water partition coefficient (Wildman–Crippen LogP) is 6.73. The van der Waals surface area contributed by atoms with Crippen LogP contribution in [-0.2, 0) is 0 Å². The van der Waals surface area contributed by atoms with Crippen LogP contribution in [0.3, 0.4) is 0 Å². The first-order chi connectivity index (χ1) is 9.98. The first-order valence-electron chi connectivity index (χ1n) is 8.05. The van der Waals surface area contributed by atoms with E-state index in [1.807, 2.05) is 19.1 Å².